The normalized spacial score (nSPS) is 14.3. The Labute approximate surface area is 89.8 Å². The molecule has 0 radical (unpaired) electrons. The Morgan fingerprint density at radius 1 is 1.00 bits per heavy atom. The molecule has 1 aliphatic heterocycles. The van der Waals surface area contributed by atoms with Gasteiger partial charge in [0.05, 0.1) is 0 Å². The summed E-state index contributed by atoms with van der Waals surface area (Å²) in [5.74, 6) is 1.30. The highest BCUT2D eigenvalue weighted by atomic mass is 15.3. The van der Waals surface area contributed by atoms with Gasteiger partial charge in [-0.1, -0.05) is 17.7 Å². The maximum atomic E-state index is 2.36. The summed E-state index contributed by atoms with van der Waals surface area (Å²) >= 11 is 0. The van der Waals surface area contributed by atoms with Crippen molar-refractivity contribution in [2.24, 2.45) is 0 Å². The van der Waals surface area contributed by atoms with Gasteiger partial charge in [-0.3, -0.25) is 0 Å². The quantitative estimate of drug-likeness (QED) is 0.684. The van der Waals surface area contributed by atoms with Gasteiger partial charge in [0.25, 0.3) is 0 Å². The first-order valence-corrected chi connectivity index (χ1v) is 5.34. The first-order chi connectivity index (χ1) is 7.34. The van der Waals surface area contributed by atoms with Crippen molar-refractivity contribution in [1.29, 1.82) is 0 Å². The summed E-state index contributed by atoms with van der Waals surface area (Å²) in [5.41, 5.74) is 2.60. The molecule has 3 rings (SSSR count). The third kappa shape index (κ3) is 1.33. The Morgan fingerprint density at radius 3 is 2.60 bits per heavy atom. The van der Waals surface area contributed by atoms with Crippen LogP contribution < -0.4 is 4.90 Å². The Morgan fingerprint density at radius 2 is 1.80 bits per heavy atom. The van der Waals surface area contributed by atoms with Crippen LogP contribution in [-0.2, 0) is 6.54 Å². The van der Waals surface area contributed by atoms with E-state index in [1.165, 1.54) is 17.1 Å². The monoisotopic (exact) mass is 198 g/mol. The second-order valence-corrected chi connectivity index (χ2v) is 4.05. The van der Waals surface area contributed by atoms with E-state index in [4.69, 9.17) is 0 Å². The highest BCUT2D eigenvalue weighted by Crippen LogP contribution is 2.30. The number of fused-ring (bicyclic) bond motifs is 1. The second kappa shape index (κ2) is 3.16. The van der Waals surface area contributed by atoms with E-state index in [2.05, 4.69) is 59.0 Å². The minimum Gasteiger partial charge on any atom is -0.333 e. The molecule has 0 amide bonds. The largest absolute Gasteiger partial charge is 0.333 e. The zero-order valence-corrected chi connectivity index (χ0v) is 8.85. The molecule has 2 heteroatoms. The molecule has 0 fully saturated rings. The Hall–Kier alpha value is -1.70. The first kappa shape index (κ1) is 8.60. The maximum Gasteiger partial charge on any atom is 0.113 e. The number of hydrogen-bond acceptors (Lipinski definition) is 1. The van der Waals surface area contributed by atoms with Crippen LogP contribution in [-0.4, -0.2) is 11.1 Å². The standard InChI is InChI=1S/C13H14N2/c1-11-4-6-12(7-5-11)15-10-9-14-8-2-3-13(14)15/h2-8H,9-10H2,1H3. The molecule has 0 aliphatic carbocycles. The van der Waals surface area contributed by atoms with Crippen molar-refractivity contribution in [2.45, 2.75) is 13.5 Å². The minimum absolute atomic E-state index is 1.08. The molecule has 0 saturated heterocycles. The van der Waals surface area contributed by atoms with Crippen LogP contribution in [0.1, 0.15) is 5.56 Å². The van der Waals surface area contributed by atoms with E-state index >= 15 is 0 Å². The summed E-state index contributed by atoms with van der Waals surface area (Å²) in [4.78, 5) is 2.36. The molecule has 15 heavy (non-hydrogen) atoms. The molecule has 0 saturated carbocycles. The van der Waals surface area contributed by atoms with Crippen molar-refractivity contribution in [1.82, 2.24) is 4.57 Å². The van der Waals surface area contributed by atoms with E-state index in [9.17, 15) is 0 Å². The second-order valence-electron chi connectivity index (χ2n) is 4.05. The molecular weight excluding hydrogens is 184 g/mol. The van der Waals surface area contributed by atoms with Crippen LogP contribution in [0.3, 0.4) is 0 Å². The lowest BCUT2D eigenvalue weighted by atomic mass is 10.2. The lowest BCUT2D eigenvalue weighted by Gasteiger charge is -2.17. The Bertz CT molecular complexity index is 468. The summed E-state index contributed by atoms with van der Waals surface area (Å²) in [6, 6.07) is 13.0. The van der Waals surface area contributed by atoms with Gasteiger partial charge in [-0.2, -0.15) is 0 Å². The van der Waals surface area contributed by atoms with Crippen molar-refractivity contribution < 1.29 is 0 Å². The molecule has 2 heterocycles. The average Bonchev–Trinajstić information content (AvgIpc) is 2.80. The first-order valence-electron chi connectivity index (χ1n) is 5.34. The molecule has 2 nitrogen and oxygen atoms in total. The molecule has 1 aromatic heterocycles. The molecule has 0 spiro atoms. The van der Waals surface area contributed by atoms with Crippen LogP contribution in [0.2, 0.25) is 0 Å². The van der Waals surface area contributed by atoms with E-state index in [1.54, 1.807) is 0 Å². The smallest absolute Gasteiger partial charge is 0.113 e. The summed E-state index contributed by atoms with van der Waals surface area (Å²) < 4.78 is 2.29. The van der Waals surface area contributed by atoms with E-state index in [-0.39, 0.29) is 0 Å². The van der Waals surface area contributed by atoms with Gasteiger partial charge in [-0.25, -0.2) is 0 Å². The Kier molecular flexibility index (Phi) is 1.81. The summed E-state index contributed by atoms with van der Waals surface area (Å²) in [6.45, 7) is 4.30. The zero-order chi connectivity index (χ0) is 10.3. The zero-order valence-electron chi connectivity index (χ0n) is 8.85. The molecule has 0 unspecified atom stereocenters. The molecule has 1 aliphatic rings. The van der Waals surface area contributed by atoms with Gasteiger partial charge in [0.2, 0.25) is 0 Å². The summed E-state index contributed by atoms with van der Waals surface area (Å²) in [5, 5.41) is 0. The molecule has 1 aromatic carbocycles. The molecule has 0 atom stereocenters. The molecular formula is C13H14N2. The predicted molar refractivity (Wildman–Crippen MR) is 62.6 cm³/mol. The van der Waals surface area contributed by atoms with Crippen molar-refractivity contribution in [3.63, 3.8) is 0 Å². The fourth-order valence-corrected chi connectivity index (χ4v) is 2.15. The van der Waals surface area contributed by atoms with Gasteiger partial charge in [-0.05, 0) is 31.2 Å². The van der Waals surface area contributed by atoms with Crippen molar-refractivity contribution in [3.8, 4) is 0 Å². The fraction of sp³-hybridized carbons (Fsp3) is 0.231. The Balaban J connectivity index is 2.00. The van der Waals surface area contributed by atoms with Crippen LogP contribution >= 0.6 is 0 Å². The van der Waals surface area contributed by atoms with Crippen LogP contribution in [0.4, 0.5) is 11.5 Å². The van der Waals surface area contributed by atoms with Gasteiger partial charge >= 0.3 is 0 Å². The highest BCUT2D eigenvalue weighted by Gasteiger charge is 2.18. The number of aryl methyl sites for hydroxylation is 1. The SMILES string of the molecule is Cc1ccc(N2CCn3cccc32)cc1. The third-order valence-electron chi connectivity index (χ3n) is 2.99. The molecule has 0 N–H and O–H groups in total. The average molecular weight is 198 g/mol. The van der Waals surface area contributed by atoms with Gasteiger partial charge in [0.15, 0.2) is 0 Å². The number of rotatable bonds is 1. The number of hydrogen-bond donors (Lipinski definition) is 0. The van der Waals surface area contributed by atoms with Crippen molar-refractivity contribution in [2.75, 3.05) is 11.4 Å². The number of nitrogens with zero attached hydrogens (tertiary/aromatic N) is 2. The van der Waals surface area contributed by atoms with Crippen LogP contribution in [0, 0.1) is 6.92 Å². The summed E-state index contributed by atoms with van der Waals surface area (Å²) in [6.07, 6.45) is 2.14. The predicted octanol–water partition coefficient (Wildman–Crippen LogP) is 2.95. The van der Waals surface area contributed by atoms with Gasteiger partial charge in [0.1, 0.15) is 5.82 Å². The van der Waals surface area contributed by atoms with E-state index in [0.29, 0.717) is 0 Å². The van der Waals surface area contributed by atoms with E-state index in [0.717, 1.165) is 13.1 Å². The number of anilines is 2. The van der Waals surface area contributed by atoms with E-state index in [1.807, 2.05) is 0 Å². The van der Waals surface area contributed by atoms with Crippen LogP contribution in [0.15, 0.2) is 42.6 Å². The van der Waals surface area contributed by atoms with E-state index < -0.39 is 0 Å². The molecule has 76 valence electrons. The van der Waals surface area contributed by atoms with Crippen molar-refractivity contribution in [3.05, 3.63) is 48.2 Å². The van der Waals surface area contributed by atoms with Gasteiger partial charge in [0, 0.05) is 25.0 Å². The van der Waals surface area contributed by atoms with Crippen LogP contribution in [0.25, 0.3) is 0 Å². The van der Waals surface area contributed by atoms with Gasteiger partial charge < -0.3 is 9.47 Å². The van der Waals surface area contributed by atoms with Gasteiger partial charge in [-0.15, -0.1) is 0 Å². The maximum absolute atomic E-state index is 2.36. The van der Waals surface area contributed by atoms with Crippen molar-refractivity contribution >= 4 is 11.5 Å². The third-order valence-corrected chi connectivity index (χ3v) is 2.99. The molecule has 2 aromatic rings. The lowest BCUT2D eigenvalue weighted by Crippen LogP contribution is -2.12. The minimum atomic E-state index is 1.08. The highest BCUT2D eigenvalue weighted by molar-refractivity contribution is 5.62. The number of benzene rings is 1. The fourth-order valence-electron chi connectivity index (χ4n) is 2.15. The number of aromatic nitrogens is 1. The lowest BCUT2D eigenvalue weighted by molar-refractivity contribution is 0.800. The topological polar surface area (TPSA) is 8.17 Å². The molecule has 0 bridgehead atoms. The summed E-state index contributed by atoms with van der Waals surface area (Å²) in [7, 11) is 0. The van der Waals surface area contributed by atoms with Crippen LogP contribution in [0.5, 0.6) is 0 Å².